The van der Waals surface area contributed by atoms with Crippen molar-refractivity contribution in [3.63, 3.8) is 0 Å². The number of amides is 1. The number of thiophene rings is 1. The highest BCUT2D eigenvalue weighted by atomic mass is 32.2. The van der Waals surface area contributed by atoms with Crippen molar-refractivity contribution in [1.29, 1.82) is 0 Å². The van der Waals surface area contributed by atoms with Crippen molar-refractivity contribution in [2.45, 2.75) is 24.9 Å². The first-order chi connectivity index (χ1) is 11.9. The van der Waals surface area contributed by atoms with E-state index in [1.807, 2.05) is 47.8 Å². The van der Waals surface area contributed by atoms with Gasteiger partial charge in [0.05, 0.1) is 18.9 Å². The summed E-state index contributed by atoms with van der Waals surface area (Å²) in [5.74, 6) is -0.450. The molecule has 0 spiro atoms. The summed E-state index contributed by atoms with van der Waals surface area (Å²) in [5, 5.41) is 14.2. The van der Waals surface area contributed by atoms with Gasteiger partial charge in [0.25, 0.3) is 0 Å². The van der Waals surface area contributed by atoms with Crippen LogP contribution in [0.2, 0.25) is 0 Å². The van der Waals surface area contributed by atoms with Crippen LogP contribution in [0, 0.1) is 0 Å². The molecule has 2 rings (SSSR count). The topological polar surface area (TPSA) is 95.5 Å². The van der Waals surface area contributed by atoms with Gasteiger partial charge in [0.15, 0.2) is 0 Å². The van der Waals surface area contributed by atoms with Gasteiger partial charge in [-0.2, -0.15) is 0 Å². The Bertz CT molecular complexity index is 761. The summed E-state index contributed by atoms with van der Waals surface area (Å²) in [4.78, 5) is 13.5. The first kappa shape index (κ1) is 19.6. The molecule has 2 aromatic rings. The molecule has 3 N–H and O–H groups in total. The predicted octanol–water partition coefficient (Wildman–Crippen LogP) is 0.928. The quantitative estimate of drug-likeness (QED) is 0.601. The van der Waals surface area contributed by atoms with Crippen LogP contribution in [0.25, 0.3) is 0 Å². The third-order valence-corrected chi connectivity index (χ3v) is 5.16. The van der Waals surface area contributed by atoms with E-state index in [0.29, 0.717) is 6.42 Å². The van der Waals surface area contributed by atoms with Gasteiger partial charge in [0, 0.05) is 11.3 Å². The molecule has 1 aromatic heterocycles. The van der Waals surface area contributed by atoms with E-state index in [1.54, 1.807) is 0 Å². The van der Waals surface area contributed by atoms with Gasteiger partial charge in [0.1, 0.15) is 6.04 Å². The van der Waals surface area contributed by atoms with Crippen molar-refractivity contribution in [1.82, 2.24) is 10.0 Å². The van der Waals surface area contributed by atoms with Crippen molar-refractivity contribution >= 4 is 27.3 Å². The van der Waals surface area contributed by atoms with Crippen LogP contribution in [-0.2, 0) is 27.7 Å². The summed E-state index contributed by atoms with van der Waals surface area (Å²) >= 11 is 1.46. The highest BCUT2D eigenvalue weighted by molar-refractivity contribution is 7.88. The average molecular weight is 383 g/mol. The molecule has 0 saturated carbocycles. The van der Waals surface area contributed by atoms with E-state index < -0.39 is 28.0 Å². The highest BCUT2D eigenvalue weighted by Crippen LogP contribution is 2.12. The Morgan fingerprint density at radius 1 is 1.16 bits per heavy atom. The molecule has 0 fully saturated rings. The predicted molar refractivity (Wildman–Crippen MR) is 99.0 cm³/mol. The zero-order valence-electron chi connectivity index (χ0n) is 13.9. The van der Waals surface area contributed by atoms with Crippen molar-refractivity contribution in [2.75, 3.05) is 12.9 Å². The molecule has 8 heteroatoms. The number of carbonyl (C=O) groups is 1. The van der Waals surface area contributed by atoms with Gasteiger partial charge in [-0.3, -0.25) is 4.79 Å². The molecular formula is C17H22N2O4S2. The molecule has 1 aromatic carbocycles. The maximum absolute atomic E-state index is 12.6. The molecule has 0 aliphatic carbocycles. The van der Waals surface area contributed by atoms with Crippen LogP contribution in [-0.4, -0.2) is 44.4 Å². The highest BCUT2D eigenvalue weighted by Gasteiger charge is 2.25. The number of hydrogen-bond acceptors (Lipinski definition) is 5. The number of carbonyl (C=O) groups excluding carboxylic acids is 1. The second kappa shape index (κ2) is 9.10. The fourth-order valence-corrected chi connectivity index (χ4v) is 3.90. The molecule has 1 amide bonds. The second-order valence-corrected chi connectivity index (χ2v) is 8.62. The zero-order valence-corrected chi connectivity index (χ0v) is 15.5. The van der Waals surface area contributed by atoms with Crippen molar-refractivity contribution in [3.05, 3.63) is 58.3 Å². The Hall–Kier alpha value is -1.74. The number of aliphatic hydroxyl groups excluding tert-OH is 1. The number of benzene rings is 1. The number of rotatable bonds is 9. The lowest BCUT2D eigenvalue weighted by atomic mass is 10.1. The summed E-state index contributed by atoms with van der Waals surface area (Å²) in [5.41, 5.74) is 0.979. The third-order valence-electron chi connectivity index (χ3n) is 3.55. The van der Waals surface area contributed by atoms with E-state index in [2.05, 4.69) is 10.0 Å². The van der Waals surface area contributed by atoms with E-state index in [9.17, 15) is 18.3 Å². The number of aliphatic hydroxyl groups is 1. The summed E-state index contributed by atoms with van der Waals surface area (Å²) in [6.45, 7) is -0.231. The van der Waals surface area contributed by atoms with Gasteiger partial charge in [-0.15, -0.1) is 11.3 Å². The Labute approximate surface area is 151 Å². The van der Waals surface area contributed by atoms with Crippen LogP contribution >= 0.6 is 11.3 Å². The molecule has 0 aliphatic rings. The number of hydrogen-bond donors (Lipinski definition) is 3. The van der Waals surface area contributed by atoms with Gasteiger partial charge >= 0.3 is 0 Å². The zero-order chi connectivity index (χ0) is 18.3. The monoisotopic (exact) mass is 382 g/mol. The molecule has 0 unspecified atom stereocenters. The van der Waals surface area contributed by atoms with E-state index >= 15 is 0 Å². The largest absolute Gasteiger partial charge is 0.394 e. The fourth-order valence-electron chi connectivity index (χ4n) is 2.44. The van der Waals surface area contributed by atoms with E-state index in [1.165, 1.54) is 11.3 Å². The normalized spacial score (nSPS) is 14.0. The molecule has 1 heterocycles. The summed E-state index contributed by atoms with van der Waals surface area (Å²) in [6, 6.07) is 11.8. The summed E-state index contributed by atoms with van der Waals surface area (Å²) in [6.07, 6.45) is 1.75. The van der Waals surface area contributed by atoms with Crippen LogP contribution < -0.4 is 10.0 Å². The standard InChI is InChI=1S/C17H22N2O4S2/c1-25(22,23)19-16(11-15-8-5-9-24-15)17(21)18-14(12-20)10-13-6-3-2-4-7-13/h2-9,14,16,19-20H,10-12H2,1H3,(H,18,21)/t14-,16+/m0/s1. The molecule has 0 radical (unpaired) electrons. The molecule has 0 saturated heterocycles. The van der Waals surface area contributed by atoms with Crippen molar-refractivity contribution in [3.8, 4) is 0 Å². The molecule has 136 valence electrons. The summed E-state index contributed by atoms with van der Waals surface area (Å²) in [7, 11) is -3.54. The second-order valence-electron chi connectivity index (χ2n) is 5.80. The van der Waals surface area contributed by atoms with E-state index in [-0.39, 0.29) is 13.0 Å². The number of sulfonamides is 1. The lowest BCUT2D eigenvalue weighted by molar-refractivity contribution is -0.123. The minimum atomic E-state index is -3.54. The van der Waals surface area contributed by atoms with Crippen LogP contribution in [0.1, 0.15) is 10.4 Å². The van der Waals surface area contributed by atoms with E-state index in [0.717, 1.165) is 16.7 Å². The van der Waals surface area contributed by atoms with E-state index in [4.69, 9.17) is 0 Å². The first-order valence-electron chi connectivity index (χ1n) is 7.82. The molecule has 6 nitrogen and oxygen atoms in total. The van der Waals surface area contributed by atoms with Gasteiger partial charge in [-0.1, -0.05) is 36.4 Å². The smallest absolute Gasteiger partial charge is 0.238 e. The van der Waals surface area contributed by atoms with Crippen LogP contribution in [0.5, 0.6) is 0 Å². The minimum Gasteiger partial charge on any atom is -0.394 e. The maximum Gasteiger partial charge on any atom is 0.238 e. The SMILES string of the molecule is CS(=O)(=O)N[C@H](Cc1cccs1)C(=O)N[C@H](CO)Cc1ccccc1. The van der Waals surface area contributed by atoms with Gasteiger partial charge in [-0.05, 0) is 23.4 Å². The number of nitrogens with one attached hydrogen (secondary N) is 2. The molecule has 0 aliphatic heterocycles. The lowest BCUT2D eigenvalue weighted by Crippen LogP contribution is -2.51. The molecule has 25 heavy (non-hydrogen) atoms. The van der Waals surface area contributed by atoms with Gasteiger partial charge in [-0.25, -0.2) is 13.1 Å². The van der Waals surface area contributed by atoms with Crippen molar-refractivity contribution < 1.29 is 18.3 Å². The Morgan fingerprint density at radius 2 is 1.88 bits per heavy atom. The average Bonchev–Trinajstić information content (AvgIpc) is 3.06. The Balaban J connectivity index is 2.05. The Kier molecular flexibility index (Phi) is 7.12. The van der Waals surface area contributed by atoms with Crippen LogP contribution in [0.3, 0.4) is 0 Å². The molecule has 2 atom stereocenters. The molecule has 0 bridgehead atoms. The minimum absolute atomic E-state index is 0.231. The van der Waals surface area contributed by atoms with Crippen LogP contribution in [0.15, 0.2) is 47.8 Å². The summed E-state index contributed by atoms with van der Waals surface area (Å²) < 4.78 is 25.5. The van der Waals surface area contributed by atoms with Crippen molar-refractivity contribution in [2.24, 2.45) is 0 Å². The molecular weight excluding hydrogens is 360 g/mol. The Morgan fingerprint density at radius 3 is 2.44 bits per heavy atom. The maximum atomic E-state index is 12.6. The fraction of sp³-hybridized carbons (Fsp3) is 0.353. The van der Waals surface area contributed by atoms with Gasteiger partial charge in [0.2, 0.25) is 15.9 Å². The van der Waals surface area contributed by atoms with Gasteiger partial charge < -0.3 is 10.4 Å². The third kappa shape index (κ3) is 6.95. The lowest BCUT2D eigenvalue weighted by Gasteiger charge is -2.21. The first-order valence-corrected chi connectivity index (χ1v) is 10.6. The van der Waals surface area contributed by atoms with Crippen LogP contribution in [0.4, 0.5) is 0 Å².